The van der Waals surface area contributed by atoms with E-state index in [9.17, 15) is 5.11 Å². The van der Waals surface area contributed by atoms with Gasteiger partial charge >= 0.3 is 0 Å². The molecule has 1 saturated carbocycles. The molecule has 2 heteroatoms. The van der Waals surface area contributed by atoms with Gasteiger partial charge in [0.2, 0.25) is 0 Å². The molecule has 2 aliphatic carbocycles. The molecule has 0 aliphatic heterocycles. The summed E-state index contributed by atoms with van der Waals surface area (Å²) in [6.45, 7) is 0. The monoisotopic (exact) mass is 238 g/mol. The number of rotatable bonds is 0. The fraction of sp³-hybridized carbons (Fsp3) is 0.455. The van der Waals surface area contributed by atoms with Crippen molar-refractivity contribution in [3.63, 3.8) is 0 Å². The van der Waals surface area contributed by atoms with Gasteiger partial charge in [0.15, 0.2) is 0 Å². The molecule has 1 aromatic rings. The molecule has 13 heavy (non-hydrogen) atoms. The first-order valence-corrected chi connectivity index (χ1v) is 5.61. The molecule has 2 aliphatic rings. The normalized spacial score (nSPS) is 40.8. The zero-order valence-corrected chi connectivity index (χ0v) is 8.74. The third kappa shape index (κ3) is 0.906. The van der Waals surface area contributed by atoms with Gasteiger partial charge < -0.3 is 5.11 Å². The Morgan fingerprint density at radius 2 is 1.92 bits per heavy atom. The van der Waals surface area contributed by atoms with Crippen molar-refractivity contribution in [3.8, 4) is 0 Å². The molecule has 4 unspecified atom stereocenters. The summed E-state index contributed by atoms with van der Waals surface area (Å²) in [6, 6.07) is 8.49. The average molecular weight is 239 g/mol. The van der Waals surface area contributed by atoms with E-state index in [1.165, 1.54) is 11.1 Å². The van der Waals surface area contributed by atoms with Crippen molar-refractivity contribution in [1.82, 2.24) is 0 Å². The third-order valence-electron chi connectivity index (χ3n) is 3.39. The molecule has 1 aromatic carbocycles. The number of benzene rings is 1. The number of hydrogen-bond acceptors (Lipinski definition) is 1. The summed E-state index contributed by atoms with van der Waals surface area (Å²) in [4.78, 5) is 0.458. The zero-order valence-electron chi connectivity index (χ0n) is 7.15. The topological polar surface area (TPSA) is 20.2 Å². The Morgan fingerprint density at radius 3 is 2.69 bits per heavy atom. The average Bonchev–Trinajstić information content (AvgIpc) is 2.56. The van der Waals surface area contributed by atoms with Crippen LogP contribution >= 0.6 is 15.9 Å². The molecule has 0 saturated heterocycles. The summed E-state index contributed by atoms with van der Waals surface area (Å²) in [5.41, 5.74) is 2.80. The van der Waals surface area contributed by atoms with Crippen molar-refractivity contribution < 1.29 is 5.11 Å². The molecule has 0 heterocycles. The second kappa shape index (κ2) is 2.58. The number of aliphatic hydroxyl groups excluding tert-OH is 1. The summed E-state index contributed by atoms with van der Waals surface area (Å²) < 4.78 is 0. The van der Waals surface area contributed by atoms with Crippen molar-refractivity contribution in [3.05, 3.63) is 35.4 Å². The van der Waals surface area contributed by atoms with Crippen LogP contribution in [-0.4, -0.2) is 16.0 Å². The van der Waals surface area contributed by atoms with E-state index < -0.39 is 0 Å². The number of aliphatic hydroxyl groups is 1. The SMILES string of the molecule is OC1CC2c3ccccc3C1C2Br. The maximum Gasteiger partial charge on any atom is 0.0626 e. The quantitative estimate of drug-likeness (QED) is 0.689. The minimum absolute atomic E-state index is 0.135. The van der Waals surface area contributed by atoms with E-state index in [1.54, 1.807) is 0 Å². The van der Waals surface area contributed by atoms with Gasteiger partial charge in [0, 0.05) is 10.7 Å². The first kappa shape index (κ1) is 8.01. The Labute approximate surface area is 85.9 Å². The lowest BCUT2D eigenvalue weighted by atomic mass is 9.90. The van der Waals surface area contributed by atoms with E-state index in [2.05, 4.69) is 40.2 Å². The van der Waals surface area contributed by atoms with Gasteiger partial charge in [0.05, 0.1) is 6.10 Å². The van der Waals surface area contributed by atoms with Crippen LogP contribution < -0.4 is 0 Å². The van der Waals surface area contributed by atoms with Crippen molar-refractivity contribution >= 4 is 15.9 Å². The highest BCUT2D eigenvalue weighted by molar-refractivity contribution is 9.09. The van der Waals surface area contributed by atoms with Gasteiger partial charge in [-0.15, -0.1) is 0 Å². The summed E-state index contributed by atoms with van der Waals surface area (Å²) in [5.74, 6) is 0.873. The van der Waals surface area contributed by atoms with Crippen LogP contribution in [0.3, 0.4) is 0 Å². The first-order valence-electron chi connectivity index (χ1n) is 4.70. The molecule has 1 fully saturated rings. The molecule has 4 atom stereocenters. The van der Waals surface area contributed by atoms with Crippen molar-refractivity contribution in [1.29, 1.82) is 0 Å². The molecule has 1 nitrogen and oxygen atoms in total. The van der Waals surface area contributed by atoms with Gasteiger partial charge in [-0.25, -0.2) is 0 Å². The van der Waals surface area contributed by atoms with Crippen LogP contribution in [0.25, 0.3) is 0 Å². The molecule has 0 radical (unpaired) electrons. The van der Waals surface area contributed by atoms with Gasteiger partial charge in [-0.05, 0) is 23.5 Å². The van der Waals surface area contributed by atoms with Gasteiger partial charge in [-0.1, -0.05) is 40.2 Å². The second-order valence-corrected chi connectivity index (χ2v) is 5.07. The fourth-order valence-electron chi connectivity index (χ4n) is 2.83. The van der Waals surface area contributed by atoms with Crippen molar-refractivity contribution in [2.75, 3.05) is 0 Å². The summed E-state index contributed by atoms with van der Waals surface area (Å²) >= 11 is 3.69. The molecular weight excluding hydrogens is 228 g/mol. The van der Waals surface area contributed by atoms with E-state index >= 15 is 0 Å². The molecule has 0 amide bonds. The lowest BCUT2D eigenvalue weighted by Crippen LogP contribution is -2.16. The van der Waals surface area contributed by atoms with Crippen LogP contribution in [0.2, 0.25) is 0 Å². The lowest BCUT2D eigenvalue weighted by Gasteiger charge is -2.19. The maximum absolute atomic E-state index is 9.81. The highest BCUT2D eigenvalue weighted by Crippen LogP contribution is 2.56. The maximum atomic E-state index is 9.81. The van der Waals surface area contributed by atoms with Gasteiger partial charge in [0.25, 0.3) is 0 Å². The molecule has 0 spiro atoms. The Bertz CT molecular complexity index is 350. The summed E-state index contributed by atoms with van der Waals surface area (Å²) in [6.07, 6.45) is 0.793. The van der Waals surface area contributed by atoms with E-state index in [-0.39, 0.29) is 6.10 Å². The van der Waals surface area contributed by atoms with E-state index in [1.807, 2.05) is 0 Å². The van der Waals surface area contributed by atoms with Gasteiger partial charge in [-0.2, -0.15) is 0 Å². The number of halogens is 1. The zero-order chi connectivity index (χ0) is 9.00. The van der Waals surface area contributed by atoms with Crippen molar-refractivity contribution in [2.45, 2.75) is 29.2 Å². The minimum atomic E-state index is -0.135. The Kier molecular flexibility index (Phi) is 1.59. The molecule has 0 aromatic heterocycles. The Hall–Kier alpha value is -0.340. The van der Waals surface area contributed by atoms with Gasteiger partial charge in [-0.3, -0.25) is 0 Å². The van der Waals surface area contributed by atoms with Crippen LogP contribution in [0.5, 0.6) is 0 Å². The molecule has 3 rings (SSSR count). The van der Waals surface area contributed by atoms with Crippen molar-refractivity contribution in [2.24, 2.45) is 0 Å². The van der Waals surface area contributed by atoms with Crippen LogP contribution in [-0.2, 0) is 0 Å². The van der Waals surface area contributed by atoms with E-state index in [0.717, 1.165) is 6.42 Å². The molecule has 68 valence electrons. The smallest absolute Gasteiger partial charge is 0.0626 e. The van der Waals surface area contributed by atoms with Gasteiger partial charge in [0.1, 0.15) is 0 Å². The van der Waals surface area contributed by atoms with E-state index in [0.29, 0.717) is 16.7 Å². The number of fused-ring (bicyclic) bond motifs is 5. The van der Waals surface area contributed by atoms with E-state index in [4.69, 9.17) is 0 Å². The second-order valence-electron chi connectivity index (χ2n) is 4.01. The number of hydrogen-bond donors (Lipinski definition) is 1. The largest absolute Gasteiger partial charge is 0.392 e. The lowest BCUT2D eigenvalue weighted by molar-refractivity contribution is 0.159. The number of alkyl halides is 1. The Morgan fingerprint density at radius 1 is 1.23 bits per heavy atom. The highest BCUT2D eigenvalue weighted by Gasteiger charge is 2.49. The molecular formula is C11H11BrO. The predicted molar refractivity (Wildman–Crippen MR) is 55.3 cm³/mol. The van der Waals surface area contributed by atoms with Crippen LogP contribution in [0, 0.1) is 0 Å². The highest BCUT2D eigenvalue weighted by atomic mass is 79.9. The van der Waals surface area contributed by atoms with Crippen LogP contribution in [0.1, 0.15) is 29.4 Å². The minimum Gasteiger partial charge on any atom is -0.392 e. The fourth-order valence-corrected chi connectivity index (χ4v) is 3.97. The predicted octanol–water partition coefficient (Wildman–Crippen LogP) is 2.40. The van der Waals surface area contributed by atoms with Crippen LogP contribution in [0.4, 0.5) is 0 Å². The summed E-state index contributed by atoms with van der Waals surface area (Å²) in [7, 11) is 0. The standard InChI is InChI=1S/C11H11BrO/c12-11-8-5-9(13)10(11)7-4-2-1-3-6(7)8/h1-4,8-11,13H,5H2. The third-order valence-corrected chi connectivity index (χ3v) is 4.60. The Balaban J connectivity index is 2.18. The van der Waals surface area contributed by atoms with Crippen LogP contribution in [0.15, 0.2) is 24.3 Å². The molecule has 1 N–H and O–H groups in total. The first-order chi connectivity index (χ1) is 6.29. The molecule has 2 bridgehead atoms. The summed E-state index contributed by atoms with van der Waals surface area (Å²) in [5, 5.41) is 9.81.